The van der Waals surface area contributed by atoms with Crippen LogP contribution in [0.1, 0.15) is 11.4 Å². The lowest BCUT2D eigenvalue weighted by molar-refractivity contribution is 1.01. The number of pyridine rings is 1. The Bertz CT molecular complexity index is 455. The smallest absolute Gasteiger partial charge is 0.176 e. The summed E-state index contributed by atoms with van der Waals surface area (Å²) in [5.41, 5.74) is 6.63. The van der Waals surface area contributed by atoms with Gasteiger partial charge in [-0.2, -0.15) is 4.37 Å². The fraction of sp³-hybridized carbons (Fsp3) is 0.222. The minimum Gasteiger partial charge on any atom is -0.326 e. The normalized spacial score (nSPS) is 10.5. The number of aromatic nitrogens is 3. The van der Waals surface area contributed by atoms with E-state index in [2.05, 4.69) is 14.3 Å². The van der Waals surface area contributed by atoms with Gasteiger partial charge in [-0.05, 0) is 47.9 Å². The van der Waals surface area contributed by atoms with Crippen LogP contribution in [0.15, 0.2) is 27.7 Å². The van der Waals surface area contributed by atoms with Crippen LogP contribution in [0.4, 0.5) is 0 Å². The van der Waals surface area contributed by atoms with E-state index >= 15 is 0 Å². The van der Waals surface area contributed by atoms with Gasteiger partial charge in [0.2, 0.25) is 0 Å². The minimum absolute atomic E-state index is 0.533. The number of hydrogen-bond acceptors (Lipinski definition) is 6. The molecular formula is C9H10N4S2. The summed E-state index contributed by atoms with van der Waals surface area (Å²) in [6.45, 7) is 2.41. The van der Waals surface area contributed by atoms with E-state index < -0.39 is 0 Å². The summed E-state index contributed by atoms with van der Waals surface area (Å²) in [5.74, 6) is 0.803. The third-order valence-electron chi connectivity index (χ3n) is 1.74. The van der Waals surface area contributed by atoms with Crippen molar-refractivity contribution < 1.29 is 0 Å². The summed E-state index contributed by atoms with van der Waals surface area (Å²) < 4.78 is 5.02. The van der Waals surface area contributed by atoms with Gasteiger partial charge in [0.05, 0.1) is 0 Å². The van der Waals surface area contributed by atoms with Crippen LogP contribution in [0.25, 0.3) is 0 Å². The SMILES string of the molecule is Cc1nsc(Sc2cc(CN)ccn2)n1. The molecule has 0 fully saturated rings. The Morgan fingerprint density at radius 3 is 3.07 bits per heavy atom. The van der Waals surface area contributed by atoms with Crippen molar-refractivity contribution in [2.45, 2.75) is 22.8 Å². The van der Waals surface area contributed by atoms with Gasteiger partial charge < -0.3 is 5.73 Å². The van der Waals surface area contributed by atoms with E-state index in [1.165, 1.54) is 23.3 Å². The molecule has 2 rings (SSSR count). The first kappa shape index (κ1) is 10.5. The van der Waals surface area contributed by atoms with Gasteiger partial charge in [-0.3, -0.25) is 0 Å². The predicted molar refractivity (Wildman–Crippen MR) is 60.9 cm³/mol. The molecule has 0 saturated carbocycles. The molecule has 0 aliphatic carbocycles. The summed E-state index contributed by atoms with van der Waals surface area (Å²) in [5, 5.41) is 0.911. The second kappa shape index (κ2) is 4.69. The van der Waals surface area contributed by atoms with E-state index in [4.69, 9.17) is 5.73 Å². The molecule has 15 heavy (non-hydrogen) atoms. The Morgan fingerprint density at radius 1 is 1.53 bits per heavy atom. The molecule has 0 bridgehead atoms. The van der Waals surface area contributed by atoms with Crippen LogP contribution in [-0.2, 0) is 6.54 Å². The maximum absolute atomic E-state index is 5.55. The Hall–Kier alpha value is -0.980. The van der Waals surface area contributed by atoms with Gasteiger partial charge in [-0.25, -0.2) is 9.97 Å². The van der Waals surface area contributed by atoms with Gasteiger partial charge in [0, 0.05) is 12.7 Å². The molecule has 2 aromatic heterocycles. The van der Waals surface area contributed by atoms with Crippen molar-refractivity contribution >= 4 is 23.3 Å². The van der Waals surface area contributed by atoms with Crippen molar-refractivity contribution in [3.63, 3.8) is 0 Å². The molecule has 0 aromatic carbocycles. The van der Waals surface area contributed by atoms with Gasteiger partial charge in [0.15, 0.2) is 4.34 Å². The van der Waals surface area contributed by atoms with Crippen LogP contribution >= 0.6 is 23.3 Å². The molecule has 2 heterocycles. The second-order valence-corrected chi connectivity index (χ2v) is 4.94. The van der Waals surface area contributed by atoms with Gasteiger partial charge in [0.25, 0.3) is 0 Å². The quantitative estimate of drug-likeness (QED) is 0.884. The van der Waals surface area contributed by atoms with Gasteiger partial charge in [-0.1, -0.05) is 0 Å². The van der Waals surface area contributed by atoms with E-state index in [9.17, 15) is 0 Å². The lowest BCUT2D eigenvalue weighted by Gasteiger charge is -1.99. The van der Waals surface area contributed by atoms with Crippen molar-refractivity contribution in [1.82, 2.24) is 14.3 Å². The summed E-state index contributed by atoms with van der Waals surface area (Å²) in [6, 6.07) is 3.89. The highest BCUT2D eigenvalue weighted by Crippen LogP contribution is 2.27. The largest absolute Gasteiger partial charge is 0.326 e. The minimum atomic E-state index is 0.533. The third-order valence-corrected chi connectivity index (χ3v) is 3.51. The summed E-state index contributed by atoms with van der Waals surface area (Å²) >= 11 is 2.90. The Kier molecular flexibility index (Phi) is 3.30. The number of aryl methyl sites for hydroxylation is 1. The lowest BCUT2D eigenvalue weighted by atomic mass is 10.3. The molecule has 4 nitrogen and oxygen atoms in total. The number of nitrogens with two attached hydrogens (primary N) is 1. The summed E-state index contributed by atoms with van der Waals surface area (Å²) in [7, 11) is 0. The zero-order chi connectivity index (χ0) is 10.7. The lowest BCUT2D eigenvalue weighted by Crippen LogP contribution is -1.96. The molecule has 0 spiro atoms. The van der Waals surface area contributed by atoms with Crippen molar-refractivity contribution in [1.29, 1.82) is 0 Å². The van der Waals surface area contributed by atoms with Crippen molar-refractivity contribution in [3.8, 4) is 0 Å². The zero-order valence-electron chi connectivity index (χ0n) is 8.17. The molecule has 0 aliphatic heterocycles. The average molecular weight is 238 g/mol. The molecule has 0 amide bonds. The second-order valence-electron chi connectivity index (χ2n) is 2.92. The topological polar surface area (TPSA) is 64.7 Å². The highest BCUT2D eigenvalue weighted by atomic mass is 32.2. The fourth-order valence-corrected chi connectivity index (χ4v) is 2.66. The zero-order valence-corrected chi connectivity index (χ0v) is 9.81. The molecule has 0 aliphatic rings. The molecule has 78 valence electrons. The number of nitrogens with zero attached hydrogens (tertiary/aromatic N) is 3. The predicted octanol–water partition coefficient (Wildman–Crippen LogP) is 1.85. The third kappa shape index (κ3) is 2.74. The Labute approximate surface area is 96.1 Å². The molecular weight excluding hydrogens is 228 g/mol. The highest BCUT2D eigenvalue weighted by molar-refractivity contribution is 8.00. The first-order chi connectivity index (χ1) is 7.28. The van der Waals surface area contributed by atoms with E-state index in [0.29, 0.717) is 6.54 Å². The van der Waals surface area contributed by atoms with Crippen molar-refractivity contribution in [3.05, 3.63) is 29.7 Å². The maximum atomic E-state index is 5.55. The van der Waals surface area contributed by atoms with Crippen molar-refractivity contribution in [2.24, 2.45) is 5.73 Å². The highest BCUT2D eigenvalue weighted by Gasteiger charge is 2.04. The molecule has 0 saturated heterocycles. The van der Waals surface area contributed by atoms with E-state index in [-0.39, 0.29) is 0 Å². The van der Waals surface area contributed by atoms with Crippen LogP contribution in [0.5, 0.6) is 0 Å². The Morgan fingerprint density at radius 2 is 2.40 bits per heavy atom. The fourth-order valence-electron chi connectivity index (χ4n) is 1.04. The van der Waals surface area contributed by atoms with Crippen LogP contribution in [0.2, 0.25) is 0 Å². The summed E-state index contributed by atoms with van der Waals surface area (Å²) in [6.07, 6.45) is 1.76. The molecule has 6 heteroatoms. The van der Waals surface area contributed by atoms with Crippen molar-refractivity contribution in [2.75, 3.05) is 0 Å². The van der Waals surface area contributed by atoms with Gasteiger partial charge >= 0.3 is 0 Å². The van der Waals surface area contributed by atoms with Crippen LogP contribution in [0, 0.1) is 6.92 Å². The monoisotopic (exact) mass is 238 g/mol. The molecule has 2 N–H and O–H groups in total. The van der Waals surface area contributed by atoms with Crippen LogP contribution in [0.3, 0.4) is 0 Å². The molecule has 0 atom stereocenters. The van der Waals surface area contributed by atoms with E-state index in [0.717, 1.165) is 20.8 Å². The van der Waals surface area contributed by atoms with Crippen LogP contribution in [-0.4, -0.2) is 14.3 Å². The standard InChI is InChI=1S/C9H10N4S2/c1-6-12-9(15-13-6)14-8-4-7(5-10)2-3-11-8/h2-4H,5,10H2,1H3. The maximum Gasteiger partial charge on any atom is 0.176 e. The number of rotatable bonds is 3. The number of hydrogen-bond donors (Lipinski definition) is 1. The first-order valence-corrected chi connectivity index (χ1v) is 6.00. The molecule has 0 unspecified atom stereocenters. The molecule has 2 aromatic rings. The summed E-state index contributed by atoms with van der Waals surface area (Å²) in [4.78, 5) is 8.50. The van der Waals surface area contributed by atoms with E-state index in [1.54, 1.807) is 6.20 Å². The Balaban J connectivity index is 2.16. The molecule has 0 radical (unpaired) electrons. The average Bonchev–Trinajstić information content (AvgIpc) is 2.64. The van der Waals surface area contributed by atoms with Gasteiger partial charge in [0.1, 0.15) is 10.9 Å². The van der Waals surface area contributed by atoms with E-state index in [1.807, 2.05) is 19.1 Å². The van der Waals surface area contributed by atoms with Crippen LogP contribution < -0.4 is 5.73 Å². The van der Waals surface area contributed by atoms with Gasteiger partial charge in [-0.15, -0.1) is 0 Å². The first-order valence-electron chi connectivity index (χ1n) is 4.41.